The maximum Gasteiger partial charge on any atom is 0.0664 e. The average molecular weight is 252 g/mol. The highest BCUT2D eigenvalue weighted by molar-refractivity contribution is 7.85. The molecule has 0 bridgehead atoms. The van der Waals surface area contributed by atoms with E-state index in [1.165, 1.54) is 11.8 Å². The molecule has 0 aliphatic carbocycles. The van der Waals surface area contributed by atoms with E-state index in [1.807, 2.05) is 5.38 Å². The number of hydrogen-bond donors (Lipinski definition) is 1. The quantitative estimate of drug-likeness (QED) is 0.906. The Morgan fingerprint density at radius 2 is 2.31 bits per heavy atom. The van der Waals surface area contributed by atoms with Gasteiger partial charge in [-0.15, -0.1) is 0 Å². The van der Waals surface area contributed by atoms with Gasteiger partial charge in [-0.2, -0.15) is 11.3 Å². The van der Waals surface area contributed by atoms with E-state index in [0.717, 1.165) is 6.42 Å². The normalized spacial score (nSPS) is 12.5. The summed E-state index contributed by atoms with van der Waals surface area (Å²) in [4.78, 5) is 4.56. The average Bonchev–Trinajstić information content (AvgIpc) is 2.79. The van der Waals surface area contributed by atoms with Crippen molar-refractivity contribution in [1.29, 1.82) is 0 Å². The fraction of sp³-hybridized carbons (Fsp3) is 0.182. The van der Waals surface area contributed by atoms with Crippen LogP contribution in [0.4, 0.5) is 5.69 Å². The highest BCUT2D eigenvalue weighted by atomic mass is 32.2. The standard InChI is InChI=1S/C11H12N2OS2/c12-10-7-13-4-1-11(10)16(14)6-3-9-2-5-15-8-9/h1-2,4-5,7-8H,3,6,12H2. The molecule has 0 saturated heterocycles. The molecule has 0 fully saturated rings. The van der Waals surface area contributed by atoms with Crippen molar-refractivity contribution < 1.29 is 4.21 Å². The van der Waals surface area contributed by atoms with E-state index >= 15 is 0 Å². The third-order valence-corrected chi connectivity index (χ3v) is 4.38. The summed E-state index contributed by atoms with van der Waals surface area (Å²) in [5, 5.41) is 4.10. The second-order valence-electron chi connectivity index (χ2n) is 3.34. The Labute approximate surface area is 101 Å². The van der Waals surface area contributed by atoms with Gasteiger partial charge in [-0.05, 0) is 34.9 Å². The molecule has 2 heterocycles. The largest absolute Gasteiger partial charge is 0.396 e. The number of nitrogens with zero attached hydrogens (tertiary/aromatic N) is 1. The van der Waals surface area contributed by atoms with Crippen LogP contribution in [0.3, 0.4) is 0 Å². The van der Waals surface area contributed by atoms with Crippen molar-refractivity contribution in [1.82, 2.24) is 4.98 Å². The Morgan fingerprint density at radius 1 is 1.44 bits per heavy atom. The number of rotatable bonds is 4. The Balaban J connectivity index is 2.01. The molecule has 0 amide bonds. The van der Waals surface area contributed by atoms with Crippen LogP contribution in [0, 0.1) is 0 Å². The molecule has 0 aromatic carbocycles. The molecule has 2 aromatic heterocycles. The number of hydrogen-bond acceptors (Lipinski definition) is 4. The number of aryl methyl sites for hydroxylation is 1. The second kappa shape index (κ2) is 5.23. The predicted molar refractivity (Wildman–Crippen MR) is 67.9 cm³/mol. The second-order valence-corrected chi connectivity index (χ2v) is 5.66. The van der Waals surface area contributed by atoms with Crippen LogP contribution in [0.15, 0.2) is 40.2 Å². The maximum absolute atomic E-state index is 12.0. The van der Waals surface area contributed by atoms with Gasteiger partial charge in [0.2, 0.25) is 0 Å². The summed E-state index contributed by atoms with van der Waals surface area (Å²) in [6, 6.07) is 3.77. The molecule has 0 spiro atoms. The van der Waals surface area contributed by atoms with Crippen molar-refractivity contribution in [3.63, 3.8) is 0 Å². The van der Waals surface area contributed by atoms with Gasteiger partial charge in [0.25, 0.3) is 0 Å². The highest BCUT2D eigenvalue weighted by Gasteiger charge is 2.07. The number of anilines is 1. The third kappa shape index (κ3) is 2.68. The Bertz CT molecular complexity index is 482. The van der Waals surface area contributed by atoms with Gasteiger partial charge >= 0.3 is 0 Å². The number of thiophene rings is 1. The topological polar surface area (TPSA) is 56.0 Å². The van der Waals surface area contributed by atoms with Gasteiger partial charge in [0, 0.05) is 11.9 Å². The minimum Gasteiger partial charge on any atom is -0.396 e. The van der Waals surface area contributed by atoms with Gasteiger partial charge in [0.1, 0.15) is 0 Å². The molecule has 1 unspecified atom stereocenters. The van der Waals surface area contributed by atoms with Crippen molar-refractivity contribution >= 4 is 27.8 Å². The Hall–Kier alpha value is -1.20. The highest BCUT2D eigenvalue weighted by Crippen LogP contribution is 2.15. The van der Waals surface area contributed by atoms with E-state index in [0.29, 0.717) is 16.3 Å². The predicted octanol–water partition coefficient (Wildman–Crippen LogP) is 2.08. The minimum absolute atomic E-state index is 0.506. The van der Waals surface area contributed by atoms with E-state index in [9.17, 15) is 4.21 Å². The van der Waals surface area contributed by atoms with Crippen LogP contribution in [0.1, 0.15) is 5.56 Å². The molecule has 1 atom stereocenters. The fourth-order valence-electron chi connectivity index (χ4n) is 1.36. The van der Waals surface area contributed by atoms with Crippen LogP contribution in [-0.4, -0.2) is 14.9 Å². The van der Waals surface area contributed by atoms with E-state index in [-0.39, 0.29) is 0 Å². The summed E-state index contributed by atoms with van der Waals surface area (Å²) >= 11 is 1.66. The summed E-state index contributed by atoms with van der Waals surface area (Å²) in [6.07, 6.45) is 3.98. The molecule has 5 heteroatoms. The zero-order valence-electron chi connectivity index (χ0n) is 8.63. The lowest BCUT2D eigenvalue weighted by molar-refractivity contribution is 0.682. The number of nitrogens with two attached hydrogens (primary N) is 1. The summed E-state index contributed by atoms with van der Waals surface area (Å²) in [5.74, 6) is 0.602. The summed E-state index contributed by atoms with van der Waals surface area (Å²) < 4.78 is 12.0. The van der Waals surface area contributed by atoms with E-state index in [2.05, 4.69) is 16.4 Å². The summed E-state index contributed by atoms with van der Waals surface area (Å²) in [5.41, 5.74) is 7.45. The van der Waals surface area contributed by atoms with Gasteiger partial charge in [-0.1, -0.05) is 0 Å². The molecular weight excluding hydrogens is 240 g/mol. The van der Waals surface area contributed by atoms with Gasteiger partial charge in [-0.25, -0.2) is 0 Å². The van der Waals surface area contributed by atoms with E-state index < -0.39 is 10.8 Å². The van der Waals surface area contributed by atoms with Crippen LogP contribution < -0.4 is 5.73 Å². The maximum atomic E-state index is 12.0. The van der Waals surface area contributed by atoms with Crippen molar-refractivity contribution in [3.8, 4) is 0 Å². The first-order chi connectivity index (χ1) is 7.77. The molecule has 0 aliphatic heterocycles. The fourth-order valence-corrected chi connectivity index (χ4v) is 3.23. The smallest absolute Gasteiger partial charge is 0.0664 e. The van der Waals surface area contributed by atoms with Gasteiger partial charge < -0.3 is 5.73 Å². The number of aromatic nitrogens is 1. The van der Waals surface area contributed by atoms with Crippen LogP contribution in [0.2, 0.25) is 0 Å². The molecule has 84 valence electrons. The molecule has 16 heavy (non-hydrogen) atoms. The van der Waals surface area contributed by atoms with Gasteiger partial charge in [0.05, 0.1) is 27.6 Å². The lowest BCUT2D eigenvalue weighted by Gasteiger charge is -2.03. The molecule has 0 saturated carbocycles. The van der Waals surface area contributed by atoms with Crippen molar-refractivity contribution in [2.45, 2.75) is 11.3 Å². The van der Waals surface area contributed by atoms with Crippen LogP contribution in [0.25, 0.3) is 0 Å². The van der Waals surface area contributed by atoms with Gasteiger partial charge in [0.15, 0.2) is 0 Å². The lowest BCUT2D eigenvalue weighted by Crippen LogP contribution is -2.04. The van der Waals surface area contributed by atoms with Crippen LogP contribution >= 0.6 is 11.3 Å². The molecule has 2 aromatic rings. The van der Waals surface area contributed by atoms with Gasteiger partial charge in [-0.3, -0.25) is 9.19 Å². The Kier molecular flexibility index (Phi) is 3.69. The monoisotopic (exact) mass is 252 g/mol. The third-order valence-electron chi connectivity index (χ3n) is 2.21. The summed E-state index contributed by atoms with van der Waals surface area (Å²) in [7, 11) is -1.04. The number of nitrogen functional groups attached to an aromatic ring is 1. The molecule has 0 aliphatic rings. The van der Waals surface area contributed by atoms with E-state index in [1.54, 1.807) is 23.6 Å². The SMILES string of the molecule is Nc1cnccc1S(=O)CCc1ccsc1. The zero-order valence-corrected chi connectivity index (χ0v) is 10.3. The van der Waals surface area contributed by atoms with Crippen LogP contribution in [-0.2, 0) is 17.2 Å². The molecule has 2 rings (SSSR count). The molecule has 2 N–H and O–H groups in total. The first-order valence-corrected chi connectivity index (χ1v) is 7.12. The zero-order chi connectivity index (χ0) is 11.4. The molecular formula is C11H12N2OS2. The minimum atomic E-state index is -1.04. The van der Waals surface area contributed by atoms with Crippen molar-refractivity contribution in [2.24, 2.45) is 0 Å². The van der Waals surface area contributed by atoms with Crippen molar-refractivity contribution in [2.75, 3.05) is 11.5 Å². The first kappa shape index (κ1) is 11.3. The molecule has 3 nitrogen and oxygen atoms in total. The van der Waals surface area contributed by atoms with Crippen LogP contribution in [0.5, 0.6) is 0 Å². The van der Waals surface area contributed by atoms with E-state index in [4.69, 9.17) is 5.73 Å². The lowest BCUT2D eigenvalue weighted by atomic mass is 10.3. The Morgan fingerprint density at radius 3 is 3.00 bits per heavy atom. The first-order valence-electron chi connectivity index (χ1n) is 4.86. The van der Waals surface area contributed by atoms with Crippen molar-refractivity contribution in [3.05, 3.63) is 40.8 Å². The summed E-state index contributed by atoms with van der Waals surface area (Å²) in [6.45, 7) is 0. The molecule has 0 radical (unpaired) electrons. The number of pyridine rings is 1.